The maximum absolute atomic E-state index is 15.0. The molecule has 174 valence electrons. The van der Waals surface area contributed by atoms with Crippen LogP contribution in [0.25, 0.3) is 10.9 Å². The van der Waals surface area contributed by atoms with Gasteiger partial charge in [0.25, 0.3) is 0 Å². The van der Waals surface area contributed by atoms with Gasteiger partial charge in [0.2, 0.25) is 0 Å². The smallest absolute Gasteiger partial charge is 0.170 e. The number of hydrogen-bond donors (Lipinski definition) is 1. The van der Waals surface area contributed by atoms with Gasteiger partial charge in [-0.3, -0.25) is 4.98 Å². The maximum Gasteiger partial charge on any atom is 0.170 e. The Hall–Kier alpha value is -2.51. The van der Waals surface area contributed by atoms with Crippen LogP contribution in [-0.4, -0.2) is 53.3 Å². The third-order valence-electron chi connectivity index (χ3n) is 6.92. The van der Waals surface area contributed by atoms with Crippen molar-refractivity contribution in [3.63, 3.8) is 0 Å². The summed E-state index contributed by atoms with van der Waals surface area (Å²) in [5, 5.41) is 10.7. The van der Waals surface area contributed by atoms with Gasteiger partial charge >= 0.3 is 0 Å². The highest BCUT2D eigenvalue weighted by Gasteiger charge is 2.48. The number of benzene rings is 1. The van der Waals surface area contributed by atoms with Crippen molar-refractivity contribution in [1.29, 1.82) is 0 Å². The molecule has 3 heterocycles. The second-order valence-electron chi connectivity index (χ2n) is 9.27. The number of aliphatic hydroxyl groups is 1. The molecule has 1 aliphatic heterocycles. The molecule has 0 unspecified atom stereocenters. The van der Waals surface area contributed by atoms with Gasteiger partial charge in [-0.2, -0.15) is 0 Å². The molecular weight excluding hydrogens is 441 g/mol. The van der Waals surface area contributed by atoms with Gasteiger partial charge in [-0.25, -0.2) is 14.4 Å². The molecule has 0 atom stereocenters. The first-order valence-electron chi connectivity index (χ1n) is 11.6. The summed E-state index contributed by atoms with van der Waals surface area (Å²) in [6, 6.07) is 7.92. The number of nitrogens with zero attached hydrogens (tertiary/aromatic N) is 5. The predicted octanol–water partition coefficient (Wildman–Crippen LogP) is 4.76. The molecular formula is C25H29ClFN5O. The van der Waals surface area contributed by atoms with Crippen LogP contribution in [0, 0.1) is 6.92 Å². The first-order chi connectivity index (χ1) is 15.9. The van der Waals surface area contributed by atoms with Gasteiger partial charge in [0.05, 0.1) is 17.1 Å². The van der Waals surface area contributed by atoms with Crippen LogP contribution in [0.3, 0.4) is 0 Å². The minimum Gasteiger partial charge on any atom is -0.395 e. The zero-order chi connectivity index (χ0) is 23.2. The van der Waals surface area contributed by atoms with E-state index in [1.54, 1.807) is 0 Å². The Bertz CT molecular complexity index is 1180. The lowest BCUT2D eigenvalue weighted by molar-refractivity contribution is 0.301. The number of hydrogen-bond acceptors (Lipinski definition) is 6. The first-order valence-corrected chi connectivity index (χ1v) is 12.0. The zero-order valence-corrected chi connectivity index (χ0v) is 19.8. The van der Waals surface area contributed by atoms with Crippen molar-refractivity contribution in [1.82, 2.24) is 15.0 Å². The van der Waals surface area contributed by atoms with Crippen molar-refractivity contribution in [2.75, 3.05) is 43.1 Å². The molecule has 2 fully saturated rings. The Balaban J connectivity index is 1.52. The molecule has 1 saturated carbocycles. The number of anilines is 2. The van der Waals surface area contributed by atoms with Gasteiger partial charge in [0.1, 0.15) is 5.82 Å². The Morgan fingerprint density at radius 1 is 1.24 bits per heavy atom. The number of aromatic nitrogens is 3. The van der Waals surface area contributed by atoms with Crippen molar-refractivity contribution in [2.45, 2.75) is 44.2 Å². The van der Waals surface area contributed by atoms with E-state index in [1.165, 1.54) is 11.3 Å². The third-order valence-corrected chi connectivity index (χ3v) is 7.20. The summed E-state index contributed by atoms with van der Waals surface area (Å²) in [5.74, 6) is 1.39. The lowest BCUT2D eigenvalue weighted by Crippen LogP contribution is -2.34. The number of aliphatic hydroxyl groups excluding tert-OH is 1. The molecule has 1 N–H and O–H groups in total. The predicted molar refractivity (Wildman–Crippen MR) is 130 cm³/mol. The normalized spacial score (nSPS) is 18.0. The van der Waals surface area contributed by atoms with Crippen LogP contribution in [0.2, 0.25) is 5.02 Å². The third kappa shape index (κ3) is 4.24. The molecule has 1 saturated heterocycles. The monoisotopic (exact) mass is 469 g/mol. The van der Waals surface area contributed by atoms with Gasteiger partial charge in [-0.05, 0) is 56.4 Å². The van der Waals surface area contributed by atoms with Crippen LogP contribution in [-0.2, 0) is 5.67 Å². The quantitative estimate of drug-likeness (QED) is 0.561. The Labute approximate surface area is 198 Å². The number of likely N-dealkylation sites (N-methyl/N-ethyl adjacent to an activating group) is 1. The fourth-order valence-corrected chi connectivity index (χ4v) is 4.98. The molecule has 1 aromatic carbocycles. The minimum absolute atomic E-state index is 0.0409. The molecule has 0 bridgehead atoms. The fourth-order valence-electron chi connectivity index (χ4n) is 4.72. The highest BCUT2D eigenvalue weighted by molar-refractivity contribution is 6.35. The second kappa shape index (κ2) is 8.69. The lowest BCUT2D eigenvalue weighted by atomic mass is 9.90. The van der Waals surface area contributed by atoms with E-state index in [4.69, 9.17) is 16.6 Å². The van der Waals surface area contributed by atoms with Crippen LogP contribution >= 0.6 is 11.6 Å². The van der Waals surface area contributed by atoms with Crippen LogP contribution in [0.4, 0.5) is 15.9 Å². The standard InChI is InChI=1S/C25H29ClFN5O/c1-16-4-3-9-28-21(16)17-5-10-32(11-6-17)23-19-14-18(31(2)12-13-33)15-20(26)22(19)29-24(30-23)25(27)7-8-25/h3-4,9,14-15,17,33H,5-8,10-13H2,1-2H3. The van der Waals surface area contributed by atoms with Gasteiger partial charge < -0.3 is 14.9 Å². The number of aryl methyl sites for hydroxylation is 1. The van der Waals surface area contributed by atoms with E-state index in [0.717, 1.165) is 42.8 Å². The summed E-state index contributed by atoms with van der Waals surface area (Å²) in [4.78, 5) is 18.1. The van der Waals surface area contributed by atoms with Gasteiger partial charge in [0, 0.05) is 55.6 Å². The molecule has 8 heteroatoms. The van der Waals surface area contributed by atoms with Gasteiger partial charge in [-0.15, -0.1) is 0 Å². The van der Waals surface area contributed by atoms with Crippen molar-refractivity contribution in [2.24, 2.45) is 0 Å². The SMILES string of the molecule is Cc1cccnc1C1CCN(c2nc(C3(F)CC3)nc3c(Cl)cc(N(C)CCO)cc23)CC1. The van der Waals surface area contributed by atoms with E-state index in [-0.39, 0.29) is 12.4 Å². The molecule has 5 rings (SSSR count). The largest absolute Gasteiger partial charge is 0.395 e. The number of fused-ring (bicyclic) bond motifs is 1. The van der Waals surface area contributed by atoms with Crippen LogP contribution in [0.15, 0.2) is 30.5 Å². The molecule has 0 spiro atoms. The van der Waals surface area contributed by atoms with Gasteiger partial charge in [-0.1, -0.05) is 17.7 Å². The fraction of sp³-hybridized carbons (Fsp3) is 0.480. The zero-order valence-electron chi connectivity index (χ0n) is 19.1. The molecule has 2 aromatic heterocycles. The van der Waals surface area contributed by atoms with Crippen molar-refractivity contribution < 1.29 is 9.50 Å². The van der Waals surface area contributed by atoms with E-state index in [0.29, 0.717) is 35.8 Å². The molecule has 2 aliphatic rings. The number of pyridine rings is 1. The average Bonchev–Trinajstić information content (AvgIpc) is 3.57. The molecule has 0 amide bonds. The van der Waals surface area contributed by atoms with E-state index >= 15 is 4.39 Å². The Morgan fingerprint density at radius 3 is 2.67 bits per heavy atom. The summed E-state index contributed by atoms with van der Waals surface area (Å²) in [7, 11) is 1.91. The molecule has 6 nitrogen and oxygen atoms in total. The second-order valence-corrected chi connectivity index (χ2v) is 9.68. The number of piperidine rings is 1. The average molecular weight is 470 g/mol. The van der Waals surface area contributed by atoms with Crippen LogP contribution < -0.4 is 9.80 Å². The van der Waals surface area contributed by atoms with Crippen molar-refractivity contribution >= 4 is 34.0 Å². The Morgan fingerprint density at radius 2 is 2.00 bits per heavy atom. The van der Waals surface area contributed by atoms with Gasteiger partial charge in [0.15, 0.2) is 11.5 Å². The van der Waals surface area contributed by atoms with Crippen molar-refractivity contribution in [3.8, 4) is 0 Å². The first kappa shape index (κ1) is 22.3. The number of halogens is 2. The number of alkyl halides is 1. The topological polar surface area (TPSA) is 65.4 Å². The summed E-state index contributed by atoms with van der Waals surface area (Å²) < 4.78 is 15.0. The maximum atomic E-state index is 15.0. The minimum atomic E-state index is -1.44. The molecule has 1 aliphatic carbocycles. The lowest BCUT2D eigenvalue weighted by Gasteiger charge is -2.34. The van der Waals surface area contributed by atoms with Crippen LogP contribution in [0.1, 0.15) is 48.7 Å². The molecule has 0 radical (unpaired) electrons. The van der Waals surface area contributed by atoms with Crippen LogP contribution in [0.5, 0.6) is 0 Å². The highest BCUT2D eigenvalue weighted by Crippen LogP contribution is 2.49. The van der Waals surface area contributed by atoms with E-state index in [1.807, 2.05) is 36.3 Å². The van der Waals surface area contributed by atoms with E-state index in [9.17, 15) is 5.11 Å². The van der Waals surface area contributed by atoms with E-state index < -0.39 is 5.67 Å². The summed E-state index contributed by atoms with van der Waals surface area (Å²) in [6.45, 7) is 4.25. The van der Waals surface area contributed by atoms with Crippen molar-refractivity contribution in [3.05, 3.63) is 52.6 Å². The molecule has 3 aromatic rings. The number of rotatable bonds is 6. The Kier molecular flexibility index (Phi) is 5.87. The highest BCUT2D eigenvalue weighted by atomic mass is 35.5. The summed E-state index contributed by atoms with van der Waals surface area (Å²) >= 11 is 6.65. The van der Waals surface area contributed by atoms with E-state index in [2.05, 4.69) is 27.9 Å². The molecule has 33 heavy (non-hydrogen) atoms. The summed E-state index contributed by atoms with van der Waals surface area (Å²) in [5.41, 5.74) is 2.41. The summed E-state index contributed by atoms with van der Waals surface area (Å²) in [6.07, 6.45) is 4.68.